The molecule has 1 aromatic carbocycles. The van der Waals surface area contributed by atoms with Crippen molar-refractivity contribution in [1.82, 2.24) is 0 Å². The van der Waals surface area contributed by atoms with Crippen molar-refractivity contribution in [2.24, 2.45) is 11.7 Å². The standard InChI is InChI=1S/C16H23NO2/c1-16(2,3)12-6-4-11(5-7-12)8-15(18)13-9-19-10-14(13)17/h4-7,13-14H,8-10,17H2,1-3H3. The third-order valence-electron chi connectivity index (χ3n) is 3.74. The number of nitrogens with two attached hydrogens (primary N) is 1. The molecule has 3 heteroatoms. The first-order valence-corrected chi connectivity index (χ1v) is 6.83. The minimum absolute atomic E-state index is 0.137. The molecule has 2 atom stereocenters. The molecular formula is C16H23NO2. The summed E-state index contributed by atoms with van der Waals surface area (Å²) in [6.45, 7) is 7.52. The van der Waals surface area contributed by atoms with E-state index in [0.29, 0.717) is 19.6 Å². The largest absolute Gasteiger partial charge is 0.379 e. The first kappa shape index (κ1) is 14.2. The Kier molecular flexibility index (Phi) is 4.07. The number of carbonyl (C=O) groups excluding carboxylic acids is 1. The van der Waals surface area contributed by atoms with Gasteiger partial charge in [-0.15, -0.1) is 0 Å². The number of ether oxygens (including phenoxy) is 1. The van der Waals surface area contributed by atoms with Crippen molar-refractivity contribution >= 4 is 5.78 Å². The van der Waals surface area contributed by atoms with Crippen LogP contribution in [0.15, 0.2) is 24.3 Å². The van der Waals surface area contributed by atoms with Crippen molar-refractivity contribution in [3.8, 4) is 0 Å². The second-order valence-electron chi connectivity index (χ2n) is 6.40. The molecule has 0 saturated carbocycles. The molecule has 0 spiro atoms. The second-order valence-corrected chi connectivity index (χ2v) is 6.40. The summed E-state index contributed by atoms with van der Waals surface area (Å²) in [5.41, 5.74) is 8.35. The van der Waals surface area contributed by atoms with Crippen molar-refractivity contribution in [2.75, 3.05) is 13.2 Å². The highest BCUT2D eigenvalue weighted by Gasteiger charge is 2.30. The van der Waals surface area contributed by atoms with Crippen molar-refractivity contribution in [2.45, 2.75) is 38.6 Å². The lowest BCUT2D eigenvalue weighted by Gasteiger charge is -2.19. The van der Waals surface area contributed by atoms with Gasteiger partial charge in [0, 0.05) is 12.5 Å². The van der Waals surface area contributed by atoms with E-state index in [1.165, 1.54) is 5.56 Å². The lowest BCUT2D eigenvalue weighted by atomic mass is 9.86. The zero-order chi connectivity index (χ0) is 14.0. The molecule has 2 unspecified atom stereocenters. The van der Waals surface area contributed by atoms with Gasteiger partial charge in [0.15, 0.2) is 0 Å². The van der Waals surface area contributed by atoms with Gasteiger partial charge >= 0.3 is 0 Å². The fourth-order valence-corrected chi connectivity index (χ4v) is 2.36. The third-order valence-corrected chi connectivity index (χ3v) is 3.74. The van der Waals surface area contributed by atoms with Crippen LogP contribution in [0.3, 0.4) is 0 Å². The van der Waals surface area contributed by atoms with Crippen LogP contribution in [0.2, 0.25) is 0 Å². The highest BCUT2D eigenvalue weighted by Crippen LogP contribution is 2.23. The van der Waals surface area contributed by atoms with Gasteiger partial charge in [-0.1, -0.05) is 45.0 Å². The molecule has 1 heterocycles. The summed E-state index contributed by atoms with van der Waals surface area (Å²) in [4.78, 5) is 12.1. The van der Waals surface area contributed by atoms with Gasteiger partial charge in [-0.25, -0.2) is 0 Å². The Hall–Kier alpha value is -1.19. The zero-order valence-electron chi connectivity index (χ0n) is 12.0. The molecule has 2 rings (SSSR count). The highest BCUT2D eigenvalue weighted by atomic mass is 16.5. The number of ketones is 1. The summed E-state index contributed by atoms with van der Waals surface area (Å²) < 4.78 is 5.25. The number of hydrogen-bond acceptors (Lipinski definition) is 3. The monoisotopic (exact) mass is 261 g/mol. The van der Waals surface area contributed by atoms with E-state index in [0.717, 1.165) is 5.56 Å². The summed E-state index contributed by atoms with van der Waals surface area (Å²) in [5, 5.41) is 0. The number of hydrogen-bond donors (Lipinski definition) is 1. The van der Waals surface area contributed by atoms with Crippen molar-refractivity contribution in [3.05, 3.63) is 35.4 Å². The van der Waals surface area contributed by atoms with Crippen molar-refractivity contribution < 1.29 is 9.53 Å². The van der Waals surface area contributed by atoms with E-state index in [9.17, 15) is 4.79 Å². The van der Waals surface area contributed by atoms with Gasteiger partial charge in [0.1, 0.15) is 5.78 Å². The molecule has 2 N–H and O–H groups in total. The number of carbonyl (C=O) groups is 1. The first-order chi connectivity index (χ1) is 8.88. The minimum Gasteiger partial charge on any atom is -0.379 e. The molecule has 1 saturated heterocycles. The quantitative estimate of drug-likeness (QED) is 0.906. The smallest absolute Gasteiger partial charge is 0.144 e. The van der Waals surface area contributed by atoms with E-state index in [4.69, 9.17) is 10.5 Å². The fourth-order valence-electron chi connectivity index (χ4n) is 2.36. The van der Waals surface area contributed by atoms with Gasteiger partial charge in [0.2, 0.25) is 0 Å². The van der Waals surface area contributed by atoms with Gasteiger partial charge in [-0.3, -0.25) is 4.79 Å². The molecule has 0 aliphatic carbocycles. The second kappa shape index (κ2) is 5.43. The lowest BCUT2D eigenvalue weighted by molar-refractivity contribution is -0.122. The van der Waals surface area contributed by atoms with Gasteiger partial charge in [0.25, 0.3) is 0 Å². The van der Waals surface area contributed by atoms with Crippen LogP contribution in [-0.4, -0.2) is 25.0 Å². The number of rotatable bonds is 3. The molecule has 0 aromatic heterocycles. The molecule has 0 bridgehead atoms. The van der Waals surface area contributed by atoms with Crippen LogP contribution in [0, 0.1) is 5.92 Å². The molecule has 1 aromatic rings. The molecule has 104 valence electrons. The number of benzene rings is 1. The van der Waals surface area contributed by atoms with E-state index in [1.54, 1.807) is 0 Å². The molecule has 3 nitrogen and oxygen atoms in total. The summed E-state index contributed by atoms with van der Waals surface area (Å²) in [6.07, 6.45) is 0.451. The summed E-state index contributed by atoms with van der Waals surface area (Å²) in [7, 11) is 0. The SMILES string of the molecule is CC(C)(C)c1ccc(CC(=O)C2COCC2N)cc1. The maximum absolute atomic E-state index is 12.1. The van der Waals surface area contributed by atoms with Crippen LogP contribution in [0.25, 0.3) is 0 Å². The summed E-state index contributed by atoms with van der Waals surface area (Å²) in [6, 6.07) is 8.16. The Labute approximate surface area is 115 Å². The Morgan fingerprint density at radius 1 is 1.26 bits per heavy atom. The van der Waals surface area contributed by atoms with Crippen molar-refractivity contribution in [1.29, 1.82) is 0 Å². The Bertz CT molecular complexity index is 445. The molecule has 19 heavy (non-hydrogen) atoms. The average Bonchev–Trinajstić information content (AvgIpc) is 2.75. The van der Waals surface area contributed by atoms with E-state index in [-0.39, 0.29) is 23.2 Å². The lowest BCUT2D eigenvalue weighted by Crippen LogP contribution is -2.34. The van der Waals surface area contributed by atoms with Gasteiger partial charge < -0.3 is 10.5 Å². The summed E-state index contributed by atoms with van der Waals surface area (Å²) >= 11 is 0. The van der Waals surface area contributed by atoms with E-state index in [1.807, 2.05) is 12.1 Å². The van der Waals surface area contributed by atoms with Crippen LogP contribution in [-0.2, 0) is 21.4 Å². The summed E-state index contributed by atoms with van der Waals surface area (Å²) in [5.74, 6) is 0.0517. The van der Waals surface area contributed by atoms with Gasteiger partial charge in [0.05, 0.1) is 19.1 Å². The van der Waals surface area contributed by atoms with E-state index in [2.05, 4.69) is 32.9 Å². The van der Waals surface area contributed by atoms with Gasteiger partial charge in [-0.2, -0.15) is 0 Å². The highest BCUT2D eigenvalue weighted by molar-refractivity contribution is 5.84. The third kappa shape index (κ3) is 3.43. The van der Waals surface area contributed by atoms with Crippen LogP contribution in [0.4, 0.5) is 0 Å². The molecular weight excluding hydrogens is 238 g/mol. The predicted molar refractivity (Wildman–Crippen MR) is 76.1 cm³/mol. The Morgan fingerprint density at radius 2 is 1.89 bits per heavy atom. The first-order valence-electron chi connectivity index (χ1n) is 6.83. The predicted octanol–water partition coefficient (Wildman–Crippen LogP) is 2.07. The maximum atomic E-state index is 12.1. The molecule has 1 aliphatic rings. The van der Waals surface area contributed by atoms with Crippen LogP contribution < -0.4 is 5.73 Å². The topological polar surface area (TPSA) is 52.3 Å². The number of Topliss-reactive ketones (excluding diaryl/α,β-unsaturated/α-hetero) is 1. The molecule has 1 fully saturated rings. The van der Waals surface area contributed by atoms with Crippen LogP contribution >= 0.6 is 0 Å². The zero-order valence-corrected chi connectivity index (χ0v) is 12.0. The molecule has 1 aliphatic heterocycles. The van der Waals surface area contributed by atoms with Crippen LogP contribution in [0.1, 0.15) is 31.9 Å². The van der Waals surface area contributed by atoms with E-state index >= 15 is 0 Å². The van der Waals surface area contributed by atoms with Crippen molar-refractivity contribution in [3.63, 3.8) is 0 Å². The Balaban J connectivity index is 2.02. The normalized spacial score (nSPS) is 23.6. The van der Waals surface area contributed by atoms with E-state index < -0.39 is 0 Å². The molecule has 0 radical (unpaired) electrons. The molecule has 0 amide bonds. The Morgan fingerprint density at radius 3 is 2.37 bits per heavy atom. The maximum Gasteiger partial charge on any atom is 0.144 e. The van der Waals surface area contributed by atoms with Gasteiger partial charge in [-0.05, 0) is 16.5 Å². The minimum atomic E-state index is -0.138. The van der Waals surface area contributed by atoms with Crippen LogP contribution in [0.5, 0.6) is 0 Å². The fraction of sp³-hybridized carbons (Fsp3) is 0.562. The average molecular weight is 261 g/mol.